The number of morpholine rings is 1. The molecule has 0 bridgehead atoms. The lowest BCUT2D eigenvalue weighted by molar-refractivity contribution is -0.125. The highest BCUT2D eigenvalue weighted by atomic mass is 35.5. The second-order valence-corrected chi connectivity index (χ2v) is 13.8. The number of ether oxygens (including phenoxy) is 1. The van der Waals surface area contributed by atoms with Crippen molar-refractivity contribution in [2.45, 2.75) is 47.6 Å². The summed E-state index contributed by atoms with van der Waals surface area (Å²) in [7, 11) is 0. The van der Waals surface area contributed by atoms with Gasteiger partial charge in [0.2, 0.25) is 5.91 Å². The predicted octanol–water partition coefficient (Wildman–Crippen LogP) is 5.04. The maximum absolute atomic E-state index is 15.0. The molecular formula is C28H38ClFN4O4S. The molecule has 2 aromatic rings. The van der Waals surface area contributed by atoms with Crippen LogP contribution in [0, 0.1) is 16.6 Å². The van der Waals surface area contributed by atoms with Crippen molar-refractivity contribution in [3.63, 3.8) is 0 Å². The summed E-state index contributed by atoms with van der Waals surface area (Å²) in [6.45, 7) is 14.3. The lowest BCUT2D eigenvalue weighted by atomic mass is 9.90. The molecule has 39 heavy (non-hydrogen) atoms. The summed E-state index contributed by atoms with van der Waals surface area (Å²) in [6.07, 6.45) is 0. The zero-order valence-corrected chi connectivity index (χ0v) is 25.0. The van der Waals surface area contributed by atoms with Crippen LogP contribution >= 0.6 is 22.9 Å². The Bertz CT molecular complexity index is 1170. The van der Waals surface area contributed by atoms with Gasteiger partial charge in [-0.2, -0.15) is 0 Å². The van der Waals surface area contributed by atoms with Gasteiger partial charge >= 0.3 is 0 Å². The number of benzene rings is 1. The minimum atomic E-state index is -0.730. The summed E-state index contributed by atoms with van der Waals surface area (Å²) < 4.78 is 20.7. The number of thiophene rings is 1. The van der Waals surface area contributed by atoms with Crippen LogP contribution in [0.4, 0.5) is 15.8 Å². The molecule has 0 spiro atoms. The van der Waals surface area contributed by atoms with Gasteiger partial charge in [-0.3, -0.25) is 19.3 Å². The van der Waals surface area contributed by atoms with E-state index in [-0.39, 0.29) is 59.6 Å². The summed E-state index contributed by atoms with van der Waals surface area (Å²) >= 11 is 7.16. The lowest BCUT2D eigenvalue weighted by Crippen LogP contribution is -2.54. The fourth-order valence-electron chi connectivity index (χ4n) is 4.40. The van der Waals surface area contributed by atoms with Gasteiger partial charge in [0.15, 0.2) is 0 Å². The first-order valence-electron chi connectivity index (χ1n) is 12.9. The molecule has 3 amide bonds. The van der Waals surface area contributed by atoms with E-state index in [0.29, 0.717) is 28.9 Å². The third-order valence-electron chi connectivity index (χ3n) is 5.84. The average molecular weight is 581 g/mol. The summed E-state index contributed by atoms with van der Waals surface area (Å²) in [5.74, 6) is -1.63. The zero-order chi connectivity index (χ0) is 29.0. The number of nitrogens with one attached hydrogen (secondary N) is 2. The van der Waals surface area contributed by atoms with Gasteiger partial charge in [-0.25, -0.2) is 4.39 Å². The van der Waals surface area contributed by atoms with Crippen molar-refractivity contribution >= 4 is 52.0 Å². The minimum absolute atomic E-state index is 0.0508. The maximum atomic E-state index is 15.0. The van der Waals surface area contributed by atoms with Crippen molar-refractivity contribution in [3.8, 4) is 0 Å². The first-order valence-corrected chi connectivity index (χ1v) is 14.1. The topological polar surface area (TPSA) is 91.0 Å². The van der Waals surface area contributed by atoms with Crippen molar-refractivity contribution in [1.29, 1.82) is 0 Å². The van der Waals surface area contributed by atoms with E-state index in [2.05, 4.69) is 57.1 Å². The Morgan fingerprint density at radius 3 is 2.33 bits per heavy atom. The number of anilines is 2. The Kier molecular flexibility index (Phi) is 10.1. The van der Waals surface area contributed by atoms with Gasteiger partial charge in [0.05, 0.1) is 21.5 Å². The quantitative estimate of drug-likeness (QED) is 0.434. The molecule has 214 valence electrons. The van der Waals surface area contributed by atoms with Crippen molar-refractivity contribution in [3.05, 3.63) is 45.4 Å². The van der Waals surface area contributed by atoms with E-state index in [9.17, 15) is 14.4 Å². The highest BCUT2D eigenvalue weighted by Gasteiger charge is 2.33. The number of amides is 3. The predicted molar refractivity (Wildman–Crippen MR) is 154 cm³/mol. The van der Waals surface area contributed by atoms with Crippen LogP contribution in [-0.2, 0) is 14.3 Å². The third-order valence-corrected chi connectivity index (χ3v) is 7.07. The number of carbonyl (C=O) groups excluding carboxylic acids is 3. The van der Waals surface area contributed by atoms with Crippen LogP contribution in [0.15, 0.2) is 30.3 Å². The standard InChI is InChI=1S/C28H38ClFN4O4S/c1-27(2,3)16-33(17-28(4,5)6)21(14-31-26(37)22-9-10-23(29)39-22)25(36)32-18-7-8-20(19(30)13-18)34-11-12-38-15-24(34)35/h7-10,13,21H,11-12,14-17H2,1-6H3,(H,31,37)(H,32,36)/t21-/m0/s1. The minimum Gasteiger partial charge on any atom is -0.370 e. The first kappa shape index (κ1) is 31.0. The number of hydrogen-bond acceptors (Lipinski definition) is 6. The number of carbonyl (C=O) groups is 3. The van der Waals surface area contributed by atoms with Crippen LogP contribution in [0.5, 0.6) is 0 Å². The molecule has 0 unspecified atom stereocenters. The van der Waals surface area contributed by atoms with Crippen molar-refractivity contribution < 1.29 is 23.5 Å². The molecule has 1 aromatic carbocycles. The second-order valence-electron chi connectivity index (χ2n) is 12.1. The van der Waals surface area contributed by atoms with E-state index < -0.39 is 11.9 Å². The molecule has 1 saturated heterocycles. The van der Waals surface area contributed by atoms with Gasteiger partial charge in [0.25, 0.3) is 11.8 Å². The van der Waals surface area contributed by atoms with Crippen molar-refractivity contribution in [2.24, 2.45) is 10.8 Å². The Balaban J connectivity index is 1.84. The van der Waals surface area contributed by atoms with Crippen LogP contribution in [0.25, 0.3) is 0 Å². The number of halogens is 2. The van der Waals surface area contributed by atoms with Crippen LogP contribution in [0.2, 0.25) is 4.34 Å². The molecule has 3 rings (SSSR count). The molecule has 1 aliphatic heterocycles. The van der Waals surface area contributed by atoms with E-state index in [4.69, 9.17) is 16.3 Å². The molecule has 1 aliphatic rings. The number of hydrogen-bond donors (Lipinski definition) is 2. The molecule has 2 N–H and O–H groups in total. The molecule has 2 heterocycles. The van der Waals surface area contributed by atoms with Gasteiger partial charge in [-0.05, 0) is 41.2 Å². The fraction of sp³-hybridized carbons (Fsp3) is 0.536. The molecular weight excluding hydrogens is 543 g/mol. The second kappa shape index (κ2) is 12.8. The van der Waals surface area contributed by atoms with Gasteiger partial charge < -0.3 is 20.3 Å². The summed E-state index contributed by atoms with van der Waals surface area (Å²) in [5, 5.41) is 5.70. The normalized spacial score (nSPS) is 15.4. The Labute approximate surface area is 238 Å². The molecule has 0 aliphatic carbocycles. The average Bonchev–Trinajstić information content (AvgIpc) is 3.24. The van der Waals surface area contributed by atoms with Gasteiger partial charge in [-0.1, -0.05) is 53.1 Å². The third kappa shape index (κ3) is 9.27. The van der Waals surface area contributed by atoms with Crippen molar-refractivity contribution in [1.82, 2.24) is 10.2 Å². The number of rotatable bonds is 9. The van der Waals surface area contributed by atoms with E-state index in [1.165, 1.54) is 17.0 Å². The smallest absolute Gasteiger partial charge is 0.261 e. The Morgan fingerprint density at radius 2 is 1.79 bits per heavy atom. The Hall–Kier alpha value is -2.53. The maximum Gasteiger partial charge on any atom is 0.261 e. The van der Waals surface area contributed by atoms with Gasteiger partial charge in [0.1, 0.15) is 18.5 Å². The number of nitrogens with zero attached hydrogens (tertiary/aromatic N) is 2. The molecule has 0 saturated carbocycles. The van der Waals surface area contributed by atoms with Crippen LogP contribution in [0.1, 0.15) is 51.2 Å². The van der Waals surface area contributed by atoms with Crippen LogP contribution < -0.4 is 15.5 Å². The van der Waals surface area contributed by atoms with Gasteiger partial charge in [-0.15, -0.1) is 11.3 Å². The van der Waals surface area contributed by atoms with E-state index in [0.717, 1.165) is 11.3 Å². The van der Waals surface area contributed by atoms with E-state index >= 15 is 4.39 Å². The zero-order valence-electron chi connectivity index (χ0n) is 23.4. The fourth-order valence-corrected chi connectivity index (χ4v) is 5.36. The van der Waals surface area contributed by atoms with E-state index in [1.54, 1.807) is 18.2 Å². The summed E-state index contributed by atoms with van der Waals surface area (Å²) in [4.78, 5) is 42.5. The van der Waals surface area contributed by atoms with Crippen LogP contribution in [0.3, 0.4) is 0 Å². The molecule has 0 radical (unpaired) electrons. The monoisotopic (exact) mass is 580 g/mol. The molecule has 11 heteroatoms. The van der Waals surface area contributed by atoms with Crippen molar-refractivity contribution in [2.75, 3.05) is 49.6 Å². The van der Waals surface area contributed by atoms with Crippen LogP contribution in [-0.4, -0.2) is 68.1 Å². The van der Waals surface area contributed by atoms with E-state index in [1.807, 2.05) is 0 Å². The van der Waals surface area contributed by atoms with Gasteiger partial charge in [0, 0.05) is 31.9 Å². The Morgan fingerprint density at radius 1 is 1.13 bits per heavy atom. The summed E-state index contributed by atoms with van der Waals surface area (Å²) in [5.41, 5.74) is 0.137. The molecule has 1 atom stereocenters. The molecule has 8 nitrogen and oxygen atoms in total. The summed E-state index contributed by atoms with van der Waals surface area (Å²) in [6, 6.07) is 6.82. The molecule has 1 fully saturated rings. The highest BCUT2D eigenvalue weighted by Crippen LogP contribution is 2.27. The first-order chi connectivity index (χ1) is 18.1. The lowest BCUT2D eigenvalue weighted by Gasteiger charge is -2.39. The largest absolute Gasteiger partial charge is 0.370 e. The molecule has 1 aromatic heterocycles. The highest BCUT2D eigenvalue weighted by molar-refractivity contribution is 7.18. The SMILES string of the molecule is CC(C)(C)CN(CC(C)(C)C)[C@@H](CNC(=O)c1ccc(Cl)s1)C(=O)Nc1ccc(N2CCOCC2=O)c(F)c1.